The zero-order chi connectivity index (χ0) is 16.9. The molecule has 120 valence electrons. The van der Waals surface area contributed by atoms with Gasteiger partial charge in [-0.15, -0.1) is 10.2 Å². The number of halogens is 1. The number of rotatable bonds is 2. The molecule has 5 nitrogen and oxygen atoms in total. The van der Waals surface area contributed by atoms with Crippen molar-refractivity contribution in [1.82, 2.24) is 0 Å². The maximum absolute atomic E-state index is 8.49. The monoisotopic (exact) mass is 334 g/mol. The van der Waals surface area contributed by atoms with E-state index in [0.29, 0.717) is 0 Å². The van der Waals surface area contributed by atoms with Crippen LogP contribution >= 0.6 is 0 Å². The molecule has 0 spiro atoms. The number of benzene rings is 2. The van der Waals surface area contributed by atoms with Crippen LogP contribution in [0.3, 0.4) is 0 Å². The Labute approximate surface area is 135 Å². The van der Waals surface area contributed by atoms with E-state index in [2.05, 4.69) is 37.3 Å². The second-order valence-electron chi connectivity index (χ2n) is 4.73. The maximum atomic E-state index is 8.49. The topological polar surface area (TPSA) is 104 Å². The molecule has 0 radical (unpaired) electrons. The quantitative estimate of drug-likeness (QED) is 0.622. The van der Waals surface area contributed by atoms with Crippen molar-refractivity contribution < 1.29 is 33.3 Å². The van der Waals surface area contributed by atoms with Gasteiger partial charge in [-0.1, -0.05) is 37.3 Å². The molecule has 0 saturated carbocycles. The highest BCUT2D eigenvalue weighted by molar-refractivity contribution is 5.82. The minimum atomic E-state index is -4.94. The van der Waals surface area contributed by atoms with Gasteiger partial charge in [0.25, 0.3) is 0 Å². The first-order valence-electron chi connectivity index (χ1n) is 6.90. The van der Waals surface area contributed by atoms with Gasteiger partial charge in [0, 0.05) is 12.1 Å². The van der Waals surface area contributed by atoms with Crippen LogP contribution in [0.5, 0.6) is 0 Å². The molecule has 0 bridgehead atoms. The summed E-state index contributed by atoms with van der Waals surface area (Å²) < 4.78 is 40.0. The van der Waals surface area contributed by atoms with Crippen molar-refractivity contribution in [3.63, 3.8) is 0 Å². The van der Waals surface area contributed by atoms with Crippen molar-refractivity contribution in [3.8, 4) is 11.3 Å². The fourth-order valence-corrected chi connectivity index (χ4v) is 2.24. The van der Waals surface area contributed by atoms with Crippen LogP contribution in [0.15, 0.2) is 65.1 Å². The lowest BCUT2D eigenvalue weighted by Gasteiger charge is -2.17. The van der Waals surface area contributed by atoms with Gasteiger partial charge in [-0.2, -0.15) is 0 Å². The van der Waals surface area contributed by atoms with Gasteiger partial charge in [-0.05, 0) is 30.2 Å². The summed E-state index contributed by atoms with van der Waals surface area (Å²) in [5, 5.41) is 1.21. The minimum Gasteiger partial charge on any atom is -0.222 e. The Balaban J connectivity index is 0.000000338. The highest BCUT2D eigenvalue weighted by atomic mass is 35.7. The molecule has 3 aromatic rings. The van der Waals surface area contributed by atoms with Gasteiger partial charge in [0.15, 0.2) is 0 Å². The summed E-state index contributed by atoms with van der Waals surface area (Å²) in [5.74, 6) is 0.936. The SMILES string of the molecule is CCc1cc(-c2ccccc2)[o+]c2ccccc12.[O-][Cl+3]([O-])([O-])[O-]. The van der Waals surface area contributed by atoms with Gasteiger partial charge in [-0.3, -0.25) is 0 Å². The van der Waals surface area contributed by atoms with Crippen LogP contribution in [-0.4, -0.2) is 0 Å². The molecule has 1 heterocycles. The van der Waals surface area contributed by atoms with E-state index >= 15 is 0 Å². The second-order valence-corrected chi connectivity index (χ2v) is 5.49. The summed E-state index contributed by atoms with van der Waals surface area (Å²) in [6.45, 7) is 2.18. The molecule has 0 aliphatic rings. The van der Waals surface area contributed by atoms with Crippen LogP contribution in [0.2, 0.25) is 0 Å². The van der Waals surface area contributed by atoms with Gasteiger partial charge in [0.1, 0.15) is 0 Å². The molecule has 3 rings (SSSR count). The maximum Gasteiger partial charge on any atom is 0.361 e. The number of fused-ring (bicyclic) bond motifs is 1. The highest BCUT2D eigenvalue weighted by Gasteiger charge is 2.17. The molecule has 23 heavy (non-hydrogen) atoms. The Bertz CT molecular complexity index is 763. The third kappa shape index (κ3) is 5.28. The normalized spacial score (nSPS) is 11.0. The molecule has 0 aliphatic carbocycles. The van der Waals surface area contributed by atoms with Crippen molar-refractivity contribution in [2.75, 3.05) is 0 Å². The van der Waals surface area contributed by atoms with Crippen LogP contribution in [0.1, 0.15) is 12.5 Å². The zero-order valence-electron chi connectivity index (χ0n) is 12.4. The van der Waals surface area contributed by atoms with Crippen LogP contribution in [0, 0.1) is 10.2 Å². The van der Waals surface area contributed by atoms with Gasteiger partial charge in [0.05, 0.1) is 10.9 Å². The highest BCUT2D eigenvalue weighted by Crippen LogP contribution is 2.27. The summed E-state index contributed by atoms with van der Waals surface area (Å²) in [7, 11) is -4.94. The fourth-order valence-electron chi connectivity index (χ4n) is 2.24. The Hall–Kier alpha value is -2.02. The molecular weight excluding hydrogens is 320 g/mol. The number of hydrogen-bond donors (Lipinski definition) is 0. The third-order valence-corrected chi connectivity index (χ3v) is 3.20. The van der Waals surface area contributed by atoms with Gasteiger partial charge >= 0.3 is 11.3 Å². The number of para-hydroxylation sites is 1. The summed E-state index contributed by atoms with van der Waals surface area (Å²) in [6.07, 6.45) is 1.01. The molecule has 6 heteroatoms. The number of hydrogen-bond acceptors (Lipinski definition) is 4. The Morgan fingerprint density at radius 1 is 0.870 bits per heavy atom. The van der Waals surface area contributed by atoms with Crippen LogP contribution < -0.4 is 18.6 Å². The van der Waals surface area contributed by atoms with E-state index in [1.165, 1.54) is 10.9 Å². The van der Waals surface area contributed by atoms with Crippen molar-refractivity contribution in [1.29, 1.82) is 0 Å². The first-order chi connectivity index (χ1) is 10.9. The van der Waals surface area contributed by atoms with E-state index in [1.54, 1.807) is 0 Å². The number of aryl methyl sites for hydroxylation is 1. The lowest BCUT2D eigenvalue weighted by Crippen LogP contribution is -2.68. The van der Waals surface area contributed by atoms with Crippen molar-refractivity contribution in [2.24, 2.45) is 0 Å². The molecule has 0 saturated heterocycles. The molecule has 0 atom stereocenters. The standard InChI is InChI=1S/C17H15O.ClHO4/c1-2-13-12-17(14-8-4-3-5-9-14)18-16-11-7-6-10-15(13)16;2-1(3,4)5/h3-12H,2H2,1H3;(H,2,3,4,5)/q+1;/p-1. The molecule has 1 aromatic heterocycles. The molecule has 0 unspecified atom stereocenters. The Kier molecular flexibility index (Phi) is 5.65. The van der Waals surface area contributed by atoms with Crippen molar-refractivity contribution >= 4 is 11.0 Å². The fraction of sp³-hybridized carbons (Fsp3) is 0.118. The smallest absolute Gasteiger partial charge is 0.222 e. The van der Waals surface area contributed by atoms with E-state index in [0.717, 1.165) is 23.3 Å². The summed E-state index contributed by atoms with van der Waals surface area (Å²) in [4.78, 5) is 0. The predicted molar refractivity (Wildman–Crippen MR) is 75.4 cm³/mol. The summed E-state index contributed by atoms with van der Waals surface area (Å²) >= 11 is 0. The zero-order valence-corrected chi connectivity index (χ0v) is 13.2. The molecule has 0 fully saturated rings. The van der Waals surface area contributed by atoms with E-state index in [4.69, 9.17) is 23.1 Å². The van der Waals surface area contributed by atoms with Gasteiger partial charge in [-0.25, -0.2) is 23.1 Å². The predicted octanol–water partition coefficient (Wildman–Crippen LogP) is 0.187. The third-order valence-electron chi connectivity index (χ3n) is 3.20. The lowest BCUT2D eigenvalue weighted by molar-refractivity contribution is -2.00. The second kappa shape index (κ2) is 7.50. The van der Waals surface area contributed by atoms with Gasteiger partial charge in [0.2, 0.25) is 0 Å². The van der Waals surface area contributed by atoms with E-state index in [1.807, 2.05) is 30.3 Å². The van der Waals surface area contributed by atoms with Crippen LogP contribution in [0.25, 0.3) is 22.3 Å². The summed E-state index contributed by atoms with van der Waals surface area (Å²) in [5.41, 5.74) is 3.41. The van der Waals surface area contributed by atoms with Crippen molar-refractivity contribution in [2.45, 2.75) is 13.3 Å². The van der Waals surface area contributed by atoms with Crippen molar-refractivity contribution in [3.05, 3.63) is 66.2 Å². The molecular formula is C17H15ClO5. The first kappa shape index (κ1) is 17.3. The van der Waals surface area contributed by atoms with E-state index in [-0.39, 0.29) is 0 Å². The molecule has 2 aromatic carbocycles. The van der Waals surface area contributed by atoms with Crippen LogP contribution in [0.4, 0.5) is 0 Å². The largest absolute Gasteiger partial charge is 0.361 e. The van der Waals surface area contributed by atoms with E-state index < -0.39 is 10.2 Å². The first-order valence-corrected chi connectivity index (χ1v) is 8.14. The summed E-state index contributed by atoms with van der Waals surface area (Å²) in [6, 6.07) is 20.6. The Morgan fingerprint density at radius 3 is 2.04 bits per heavy atom. The lowest BCUT2D eigenvalue weighted by atomic mass is 10.0. The molecule has 0 aliphatic heterocycles. The van der Waals surface area contributed by atoms with Crippen LogP contribution in [-0.2, 0) is 6.42 Å². The molecule has 0 N–H and O–H groups in total. The molecule has 0 amide bonds. The Morgan fingerprint density at radius 2 is 1.43 bits per heavy atom. The average molecular weight is 335 g/mol. The average Bonchev–Trinajstić information content (AvgIpc) is 2.53. The van der Waals surface area contributed by atoms with Gasteiger partial charge < -0.3 is 0 Å². The van der Waals surface area contributed by atoms with E-state index in [9.17, 15) is 0 Å². The minimum absolute atomic E-state index is 0.936.